The lowest BCUT2D eigenvalue weighted by Gasteiger charge is -2.18. The Labute approximate surface area is 92.9 Å². The molecule has 2 aromatic rings. The summed E-state index contributed by atoms with van der Waals surface area (Å²) in [6, 6.07) is 5.29. The summed E-state index contributed by atoms with van der Waals surface area (Å²) in [5, 5.41) is 6.67. The number of nitrogens with zero attached hydrogens (tertiary/aromatic N) is 2. The maximum absolute atomic E-state index is 13.7. The third kappa shape index (κ3) is 1.46. The second kappa shape index (κ2) is 3.63. The van der Waals surface area contributed by atoms with Gasteiger partial charge in [-0.05, 0) is 18.1 Å². The maximum Gasteiger partial charge on any atom is 0.146 e. The van der Waals surface area contributed by atoms with Gasteiger partial charge in [-0.3, -0.25) is 5.10 Å². The predicted molar refractivity (Wildman–Crippen MR) is 59.7 cm³/mol. The summed E-state index contributed by atoms with van der Waals surface area (Å²) in [5.41, 5.74) is 2.93. The number of anilines is 1. The lowest BCUT2D eigenvalue weighted by molar-refractivity contribution is 0.622. The van der Waals surface area contributed by atoms with Crippen LogP contribution < -0.4 is 4.90 Å². The molecule has 0 atom stereocenters. The maximum atomic E-state index is 13.7. The molecule has 0 saturated carbocycles. The highest BCUT2D eigenvalue weighted by Gasteiger charge is 2.22. The molecule has 2 heterocycles. The summed E-state index contributed by atoms with van der Waals surface area (Å²) in [6.45, 7) is 1.59. The van der Waals surface area contributed by atoms with E-state index in [9.17, 15) is 4.39 Å². The second-order valence-corrected chi connectivity index (χ2v) is 4.03. The molecule has 0 radical (unpaired) electrons. The van der Waals surface area contributed by atoms with Gasteiger partial charge in [-0.1, -0.05) is 12.1 Å². The average Bonchev–Trinajstić information content (AvgIpc) is 2.90. The smallest absolute Gasteiger partial charge is 0.146 e. The molecule has 0 fully saturated rings. The molecule has 1 aliphatic heterocycles. The number of aromatic nitrogens is 2. The first-order valence-corrected chi connectivity index (χ1v) is 5.34. The van der Waals surface area contributed by atoms with Gasteiger partial charge in [0.1, 0.15) is 5.82 Å². The fourth-order valence-corrected chi connectivity index (χ4v) is 2.23. The van der Waals surface area contributed by atoms with Crippen LogP contribution >= 0.6 is 0 Å². The molecule has 4 heteroatoms. The number of para-hydroxylation sites is 1. The molecule has 0 spiro atoms. The zero-order valence-electron chi connectivity index (χ0n) is 8.78. The summed E-state index contributed by atoms with van der Waals surface area (Å²) in [6.07, 6.45) is 4.54. The van der Waals surface area contributed by atoms with E-state index < -0.39 is 0 Å². The number of rotatable bonds is 2. The van der Waals surface area contributed by atoms with E-state index in [4.69, 9.17) is 0 Å². The van der Waals surface area contributed by atoms with E-state index in [1.165, 1.54) is 6.07 Å². The molecule has 16 heavy (non-hydrogen) atoms. The zero-order valence-corrected chi connectivity index (χ0v) is 8.78. The quantitative estimate of drug-likeness (QED) is 0.835. The van der Waals surface area contributed by atoms with Gasteiger partial charge in [0.15, 0.2) is 0 Å². The normalized spacial score (nSPS) is 14.2. The van der Waals surface area contributed by atoms with Crippen LogP contribution in [0.3, 0.4) is 0 Å². The van der Waals surface area contributed by atoms with Crippen LogP contribution in [-0.4, -0.2) is 16.7 Å². The van der Waals surface area contributed by atoms with Crippen LogP contribution in [0.1, 0.15) is 11.1 Å². The van der Waals surface area contributed by atoms with Crippen molar-refractivity contribution in [3.8, 4) is 0 Å². The summed E-state index contributed by atoms with van der Waals surface area (Å²) < 4.78 is 13.7. The van der Waals surface area contributed by atoms with Gasteiger partial charge in [-0.15, -0.1) is 0 Å². The predicted octanol–water partition coefficient (Wildman–Crippen LogP) is 2.11. The molecule has 0 saturated heterocycles. The fourth-order valence-electron chi connectivity index (χ4n) is 2.23. The van der Waals surface area contributed by atoms with E-state index in [-0.39, 0.29) is 5.82 Å². The standard InChI is InChI=1S/C12H12FN3/c13-11-3-1-2-10-4-5-16(12(10)11)8-9-6-14-15-7-9/h1-3,6-7H,4-5,8H2,(H,14,15). The molecule has 3 rings (SSSR count). The number of aromatic amines is 1. The van der Waals surface area contributed by atoms with Crippen LogP contribution in [0.4, 0.5) is 10.1 Å². The Bertz CT molecular complexity index is 493. The van der Waals surface area contributed by atoms with Crippen LogP contribution in [0, 0.1) is 5.82 Å². The van der Waals surface area contributed by atoms with Gasteiger partial charge in [0.2, 0.25) is 0 Å². The van der Waals surface area contributed by atoms with E-state index in [2.05, 4.69) is 15.1 Å². The Morgan fingerprint density at radius 2 is 2.38 bits per heavy atom. The van der Waals surface area contributed by atoms with Crippen LogP contribution in [0.5, 0.6) is 0 Å². The van der Waals surface area contributed by atoms with Gasteiger partial charge in [0, 0.05) is 24.8 Å². The van der Waals surface area contributed by atoms with Crippen LogP contribution in [0.25, 0.3) is 0 Å². The van der Waals surface area contributed by atoms with Crippen molar-refractivity contribution < 1.29 is 4.39 Å². The summed E-state index contributed by atoms with van der Waals surface area (Å²) in [5.74, 6) is -0.126. The first-order valence-electron chi connectivity index (χ1n) is 5.34. The molecular formula is C12H12FN3. The highest BCUT2D eigenvalue weighted by Crippen LogP contribution is 2.31. The molecule has 1 aliphatic rings. The van der Waals surface area contributed by atoms with Crippen molar-refractivity contribution in [3.63, 3.8) is 0 Å². The second-order valence-electron chi connectivity index (χ2n) is 4.03. The lowest BCUT2D eigenvalue weighted by Crippen LogP contribution is -2.20. The average molecular weight is 217 g/mol. The Morgan fingerprint density at radius 1 is 1.44 bits per heavy atom. The summed E-state index contributed by atoms with van der Waals surface area (Å²) >= 11 is 0. The van der Waals surface area contributed by atoms with E-state index >= 15 is 0 Å². The van der Waals surface area contributed by atoms with Crippen molar-refractivity contribution in [1.29, 1.82) is 0 Å². The van der Waals surface area contributed by atoms with Gasteiger partial charge in [-0.2, -0.15) is 5.10 Å². The molecule has 1 N–H and O–H groups in total. The Morgan fingerprint density at radius 3 is 3.19 bits per heavy atom. The van der Waals surface area contributed by atoms with E-state index in [1.54, 1.807) is 12.3 Å². The van der Waals surface area contributed by atoms with Gasteiger partial charge >= 0.3 is 0 Å². The first-order chi connectivity index (χ1) is 7.84. The minimum atomic E-state index is -0.126. The highest BCUT2D eigenvalue weighted by atomic mass is 19.1. The SMILES string of the molecule is Fc1cccc2c1N(Cc1cn[nH]c1)CC2. The third-order valence-corrected chi connectivity index (χ3v) is 2.97. The number of hydrogen-bond donors (Lipinski definition) is 1. The molecule has 1 aromatic carbocycles. The van der Waals surface area contributed by atoms with Crippen molar-refractivity contribution in [2.24, 2.45) is 0 Å². The Hall–Kier alpha value is -1.84. The zero-order chi connectivity index (χ0) is 11.0. The van der Waals surface area contributed by atoms with Crippen molar-refractivity contribution in [3.05, 3.63) is 47.5 Å². The molecular weight excluding hydrogens is 205 g/mol. The van der Waals surface area contributed by atoms with Crippen LogP contribution in [0.2, 0.25) is 0 Å². The highest BCUT2D eigenvalue weighted by molar-refractivity contribution is 5.59. The van der Waals surface area contributed by atoms with E-state index in [0.29, 0.717) is 6.54 Å². The molecule has 3 nitrogen and oxygen atoms in total. The molecule has 0 amide bonds. The van der Waals surface area contributed by atoms with Gasteiger partial charge in [0.05, 0.1) is 11.9 Å². The van der Waals surface area contributed by atoms with Gasteiger partial charge < -0.3 is 4.90 Å². The Balaban J connectivity index is 1.91. The van der Waals surface area contributed by atoms with Crippen molar-refractivity contribution in [1.82, 2.24) is 10.2 Å². The van der Waals surface area contributed by atoms with Crippen LogP contribution in [-0.2, 0) is 13.0 Å². The molecule has 0 unspecified atom stereocenters. The van der Waals surface area contributed by atoms with Crippen molar-refractivity contribution in [2.75, 3.05) is 11.4 Å². The van der Waals surface area contributed by atoms with E-state index in [1.807, 2.05) is 12.3 Å². The van der Waals surface area contributed by atoms with Crippen molar-refractivity contribution in [2.45, 2.75) is 13.0 Å². The summed E-state index contributed by atoms with van der Waals surface area (Å²) in [7, 11) is 0. The number of H-pyrrole nitrogens is 1. The number of halogens is 1. The minimum absolute atomic E-state index is 0.126. The molecule has 0 bridgehead atoms. The molecule has 0 aliphatic carbocycles. The summed E-state index contributed by atoms with van der Waals surface area (Å²) in [4.78, 5) is 2.06. The van der Waals surface area contributed by atoms with Crippen molar-refractivity contribution >= 4 is 5.69 Å². The lowest BCUT2D eigenvalue weighted by atomic mass is 10.1. The monoisotopic (exact) mass is 217 g/mol. The molecule has 82 valence electrons. The topological polar surface area (TPSA) is 31.9 Å². The minimum Gasteiger partial charge on any atom is -0.364 e. The van der Waals surface area contributed by atoms with Gasteiger partial charge in [-0.25, -0.2) is 4.39 Å². The number of hydrogen-bond acceptors (Lipinski definition) is 2. The fraction of sp³-hybridized carbons (Fsp3) is 0.250. The largest absolute Gasteiger partial charge is 0.364 e. The van der Waals surface area contributed by atoms with Crippen LogP contribution in [0.15, 0.2) is 30.6 Å². The number of benzene rings is 1. The van der Waals surface area contributed by atoms with E-state index in [0.717, 1.165) is 29.8 Å². The Kier molecular flexibility index (Phi) is 2.13. The number of nitrogens with one attached hydrogen (secondary N) is 1. The third-order valence-electron chi connectivity index (χ3n) is 2.97. The first kappa shape index (κ1) is 9.39. The molecule has 1 aromatic heterocycles. The van der Waals surface area contributed by atoms with Gasteiger partial charge in [0.25, 0.3) is 0 Å². The number of fused-ring (bicyclic) bond motifs is 1.